The van der Waals surface area contributed by atoms with Crippen LogP contribution in [0.5, 0.6) is 11.5 Å². The molecule has 0 bridgehead atoms. The molecule has 0 saturated heterocycles. The fraction of sp³-hybridized carbons (Fsp3) is 0.200. The van der Waals surface area contributed by atoms with Crippen LogP contribution in [0.1, 0.15) is 11.3 Å². The topological polar surface area (TPSA) is 66.0 Å². The van der Waals surface area contributed by atoms with Crippen molar-refractivity contribution in [2.75, 3.05) is 5.73 Å². The van der Waals surface area contributed by atoms with Crippen molar-refractivity contribution in [3.05, 3.63) is 41.9 Å². The zero-order valence-corrected chi connectivity index (χ0v) is 11.7. The van der Waals surface area contributed by atoms with E-state index in [1.54, 1.807) is 6.33 Å². The number of rotatable bonds is 2. The lowest BCUT2D eigenvalue weighted by atomic mass is 10.2. The van der Waals surface area contributed by atoms with Crippen LogP contribution in [0, 0.1) is 13.8 Å². The molecule has 2 heterocycles. The van der Waals surface area contributed by atoms with Crippen LogP contribution in [0.15, 0.2) is 30.6 Å². The highest BCUT2D eigenvalue weighted by molar-refractivity contribution is 5.73. The molecule has 3 rings (SSSR count). The van der Waals surface area contributed by atoms with E-state index in [0.29, 0.717) is 5.75 Å². The van der Waals surface area contributed by atoms with Gasteiger partial charge in [-0.25, -0.2) is 9.97 Å². The largest absolute Gasteiger partial charge is 0.455 e. The van der Waals surface area contributed by atoms with Crippen molar-refractivity contribution in [1.82, 2.24) is 14.5 Å². The predicted molar refractivity (Wildman–Crippen MR) is 78.9 cm³/mol. The molecule has 5 heteroatoms. The van der Waals surface area contributed by atoms with E-state index in [9.17, 15) is 0 Å². The van der Waals surface area contributed by atoms with Gasteiger partial charge in [0.2, 0.25) is 0 Å². The van der Waals surface area contributed by atoms with E-state index >= 15 is 0 Å². The lowest BCUT2D eigenvalue weighted by Crippen LogP contribution is -1.96. The number of nitrogen functional groups attached to an aromatic ring is 1. The Morgan fingerprint density at radius 3 is 2.70 bits per heavy atom. The van der Waals surface area contributed by atoms with Crippen LogP contribution in [-0.4, -0.2) is 14.5 Å². The van der Waals surface area contributed by atoms with Crippen molar-refractivity contribution < 1.29 is 4.74 Å². The Kier molecular flexibility index (Phi) is 2.82. The first-order chi connectivity index (χ1) is 9.54. The standard InChI is InChI=1S/C15H16N4O/c1-9-6-11(16)4-5-13(9)20-14-7-12-15(18-10(14)2)19(3)8-17-12/h4-8H,16H2,1-3H3. The molecule has 0 aliphatic carbocycles. The molecular formula is C15H16N4O. The van der Waals surface area contributed by atoms with Crippen molar-refractivity contribution in [3.63, 3.8) is 0 Å². The highest BCUT2D eigenvalue weighted by Gasteiger charge is 2.10. The molecule has 2 aromatic heterocycles. The summed E-state index contributed by atoms with van der Waals surface area (Å²) in [6, 6.07) is 7.49. The van der Waals surface area contributed by atoms with Crippen molar-refractivity contribution >= 4 is 16.9 Å². The number of aryl methyl sites for hydroxylation is 3. The first kappa shape index (κ1) is 12.5. The second-order valence-corrected chi connectivity index (χ2v) is 4.90. The van der Waals surface area contributed by atoms with E-state index in [1.165, 1.54) is 0 Å². The summed E-state index contributed by atoms with van der Waals surface area (Å²) in [5.74, 6) is 1.49. The van der Waals surface area contributed by atoms with E-state index < -0.39 is 0 Å². The molecule has 20 heavy (non-hydrogen) atoms. The van der Waals surface area contributed by atoms with Gasteiger partial charge in [-0.2, -0.15) is 0 Å². The maximum Gasteiger partial charge on any atom is 0.160 e. The molecule has 0 saturated carbocycles. The summed E-state index contributed by atoms with van der Waals surface area (Å²) in [5.41, 5.74) is 9.97. The summed E-state index contributed by atoms with van der Waals surface area (Å²) in [5, 5.41) is 0. The number of aromatic nitrogens is 3. The molecule has 0 radical (unpaired) electrons. The van der Waals surface area contributed by atoms with Crippen LogP contribution in [0.2, 0.25) is 0 Å². The van der Waals surface area contributed by atoms with E-state index in [1.807, 2.05) is 49.7 Å². The Balaban J connectivity index is 2.03. The van der Waals surface area contributed by atoms with E-state index in [-0.39, 0.29) is 0 Å². The molecule has 0 spiro atoms. The molecule has 0 unspecified atom stereocenters. The van der Waals surface area contributed by atoms with Gasteiger partial charge in [0.1, 0.15) is 11.3 Å². The molecule has 3 aromatic rings. The van der Waals surface area contributed by atoms with Crippen LogP contribution in [-0.2, 0) is 7.05 Å². The molecule has 2 N–H and O–H groups in total. The Labute approximate surface area is 117 Å². The number of anilines is 1. The van der Waals surface area contributed by atoms with E-state index in [0.717, 1.165) is 33.9 Å². The quantitative estimate of drug-likeness (QED) is 0.726. The Bertz CT molecular complexity index is 792. The lowest BCUT2D eigenvalue weighted by Gasteiger charge is -2.11. The van der Waals surface area contributed by atoms with Crippen molar-refractivity contribution in [3.8, 4) is 11.5 Å². The van der Waals surface area contributed by atoms with Crippen molar-refractivity contribution in [2.45, 2.75) is 13.8 Å². The highest BCUT2D eigenvalue weighted by Crippen LogP contribution is 2.29. The summed E-state index contributed by atoms with van der Waals surface area (Å²) in [4.78, 5) is 8.83. The third-order valence-electron chi connectivity index (χ3n) is 3.25. The number of benzene rings is 1. The predicted octanol–water partition coefficient (Wildman–Crippen LogP) is 2.96. The zero-order chi connectivity index (χ0) is 14.3. The monoisotopic (exact) mass is 268 g/mol. The van der Waals surface area contributed by atoms with E-state index in [2.05, 4.69) is 9.97 Å². The maximum absolute atomic E-state index is 5.94. The van der Waals surface area contributed by atoms with Gasteiger partial charge in [0.15, 0.2) is 11.4 Å². The van der Waals surface area contributed by atoms with Crippen LogP contribution >= 0.6 is 0 Å². The van der Waals surface area contributed by atoms with Gasteiger partial charge in [0, 0.05) is 18.8 Å². The van der Waals surface area contributed by atoms with Crippen molar-refractivity contribution in [2.24, 2.45) is 7.05 Å². The summed E-state index contributed by atoms with van der Waals surface area (Å²) >= 11 is 0. The molecule has 1 aromatic carbocycles. The summed E-state index contributed by atoms with van der Waals surface area (Å²) in [6.07, 6.45) is 1.75. The molecule has 102 valence electrons. The summed E-state index contributed by atoms with van der Waals surface area (Å²) in [7, 11) is 1.92. The third-order valence-corrected chi connectivity index (χ3v) is 3.25. The highest BCUT2D eigenvalue weighted by atomic mass is 16.5. The van der Waals surface area contributed by atoms with E-state index in [4.69, 9.17) is 10.5 Å². The first-order valence-corrected chi connectivity index (χ1v) is 6.37. The number of nitrogens with zero attached hydrogens (tertiary/aromatic N) is 3. The minimum atomic E-state index is 0.712. The van der Waals surface area contributed by atoms with Gasteiger partial charge in [-0.15, -0.1) is 0 Å². The average molecular weight is 268 g/mol. The Morgan fingerprint density at radius 2 is 1.95 bits per heavy atom. The minimum Gasteiger partial charge on any atom is -0.455 e. The fourth-order valence-corrected chi connectivity index (χ4v) is 2.13. The molecule has 0 aliphatic rings. The molecular weight excluding hydrogens is 252 g/mol. The van der Waals surface area contributed by atoms with Gasteiger partial charge in [-0.05, 0) is 37.6 Å². The maximum atomic E-state index is 5.94. The Morgan fingerprint density at radius 1 is 1.15 bits per heavy atom. The van der Waals surface area contributed by atoms with Gasteiger partial charge in [0.25, 0.3) is 0 Å². The number of imidazole rings is 1. The smallest absolute Gasteiger partial charge is 0.160 e. The first-order valence-electron chi connectivity index (χ1n) is 6.37. The number of fused-ring (bicyclic) bond motifs is 1. The molecule has 0 fully saturated rings. The molecule has 0 atom stereocenters. The van der Waals surface area contributed by atoms with Gasteiger partial charge < -0.3 is 15.0 Å². The number of hydrogen-bond donors (Lipinski definition) is 1. The number of ether oxygens (including phenoxy) is 1. The summed E-state index contributed by atoms with van der Waals surface area (Å²) in [6.45, 7) is 3.89. The minimum absolute atomic E-state index is 0.712. The lowest BCUT2D eigenvalue weighted by molar-refractivity contribution is 0.473. The zero-order valence-electron chi connectivity index (χ0n) is 11.7. The van der Waals surface area contributed by atoms with Crippen LogP contribution in [0.4, 0.5) is 5.69 Å². The fourth-order valence-electron chi connectivity index (χ4n) is 2.13. The average Bonchev–Trinajstić information content (AvgIpc) is 2.74. The van der Waals surface area contributed by atoms with Crippen LogP contribution in [0.3, 0.4) is 0 Å². The Hall–Kier alpha value is -2.56. The number of hydrogen-bond acceptors (Lipinski definition) is 4. The van der Waals surface area contributed by atoms with Crippen LogP contribution in [0.25, 0.3) is 11.2 Å². The second-order valence-electron chi connectivity index (χ2n) is 4.90. The number of nitrogens with two attached hydrogens (primary N) is 1. The molecule has 0 amide bonds. The van der Waals surface area contributed by atoms with Crippen LogP contribution < -0.4 is 10.5 Å². The third kappa shape index (κ3) is 2.07. The molecule has 5 nitrogen and oxygen atoms in total. The second kappa shape index (κ2) is 4.52. The van der Waals surface area contributed by atoms with Gasteiger partial charge in [-0.3, -0.25) is 0 Å². The normalized spacial score (nSPS) is 10.9. The number of pyridine rings is 1. The summed E-state index contributed by atoms with van der Waals surface area (Å²) < 4.78 is 7.83. The molecule has 0 aliphatic heterocycles. The van der Waals surface area contributed by atoms with Gasteiger partial charge >= 0.3 is 0 Å². The van der Waals surface area contributed by atoms with Crippen molar-refractivity contribution in [1.29, 1.82) is 0 Å². The van der Waals surface area contributed by atoms with Gasteiger partial charge in [-0.1, -0.05) is 0 Å². The van der Waals surface area contributed by atoms with Gasteiger partial charge in [0.05, 0.1) is 12.0 Å². The SMILES string of the molecule is Cc1cc(N)ccc1Oc1cc2ncn(C)c2nc1C.